The molecule has 0 saturated heterocycles. The number of halogens is 4. The van der Waals surface area contributed by atoms with E-state index >= 15 is 0 Å². The van der Waals surface area contributed by atoms with Gasteiger partial charge in [-0.2, -0.15) is 13.2 Å². The van der Waals surface area contributed by atoms with Gasteiger partial charge in [-0.1, -0.05) is 37.5 Å². The number of hydrogen-bond donors (Lipinski definition) is 3. The first-order chi connectivity index (χ1) is 16.6. The lowest BCUT2D eigenvalue weighted by Gasteiger charge is -2.27. The highest BCUT2D eigenvalue weighted by Crippen LogP contribution is 2.32. The summed E-state index contributed by atoms with van der Waals surface area (Å²) < 4.78 is 55.2. The van der Waals surface area contributed by atoms with E-state index in [2.05, 4.69) is 5.32 Å². The molecule has 0 aliphatic heterocycles. The van der Waals surface area contributed by atoms with E-state index in [0.29, 0.717) is 0 Å². The van der Waals surface area contributed by atoms with Crippen molar-refractivity contribution in [1.82, 2.24) is 15.7 Å². The van der Waals surface area contributed by atoms with Gasteiger partial charge in [0, 0.05) is 23.7 Å². The van der Waals surface area contributed by atoms with Crippen molar-refractivity contribution in [2.24, 2.45) is 0 Å². The maximum Gasteiger partial charge on any atom is 0.417 e. The van der Waals surface area contributed by atoms with Crippen LogP contribution in [0.2, 0.25) is 0 Å². The lowest BCUT2D eigenvalue weighted by Crippen LogP contribution is -2.44. The highest BCUT2D eigenvalue weighted by molar-refractivity contribution is 5.98. The van der Waals surface area contributed by atoms with Gasteiger partial charge in [-0.05, 0) is 37.1 Å². The maximum absolute atomic E-state index is 14.7. The third-order valence-electron chi connectivity index (χ3n) is 5.83. The number of alkyl halides is 3. The van der Waals surface area contributed by atoms with Gasteiger partial charge in [0.1, 0.15) is 12.4 Å². The Hall–Kier alpha value is -3.47. The lowest BCUT2D eigenvalue weighted by molar-refractivity contribution is -0.138. The molecule has 3 amide bonds. The van der Waals surface area contributed by atoms with Gasteiger partial charge in [-0.15, -0.1) is 0 Å². The molecule has 3 N–H and O–H groups in total. The van der Waals surface area contributed by atoms with Crippen LogP contribution in [0.15, 0.2) is 42.5 Å². The van der Waals surface area contributed by atoms with Crippen molar-refractivity contribution in [3.8, 4) is 0 Å². The van der Waals surface area contributed by atoms with E-state index in [1.165, 1.54) is 17.6 Å². The Morgan fingerprint density at radius 1 is 1.03 bits per heavy atom. The molecular weight excluding hydrogens is 470 g/mol. The molecule has 3 rings (SSSR count). The number of carbonyl (C=O) groups excluding carboxylic acids is 3. The van der Waals surface area contributed by atoms with E-state index < -0.39 is 53.9 Å². The van der Waals surface area contributed by atoms with Gasteiger partial charge < -0.3 is 10.2 Å². The molecule has 11 heteroatoms. The minimum absolute atomic E-state index is 0.0938. The van der Waals surface area contributed by atoms with Crippen LogP contribution in [0.3, 0.4) is 0 Å². The van der Waals surface area contributed by atoms with Gasteiger partial charge in [0.25, 0.3) is 11.8 Å². The van der Waals surface area contributed by atoms with Crippen LogP contribution in [0.25, 0.3) is 0 Å². The van der Waals surface area contributed by atoms with E-state index in [9.17, 15) is 31.9 Å². The van der Waals surface area contributed by atoms with Crippen LogP contribution in [-0.4, -0.2) is 40.4 Å². The van der Waals surface area contributed by atoms with Crippen molar-refractivity contribution in [2.75, 3.05) is 6.54 Å². The topological polar surface area (TPSA) is 98.7 Å². The van der Waals surface area contributed by atoms with Gasteiger partial charge in [0.05, 0.1) is 11.1 Å². The number of rotatable bonds is 7. The molecule has 0 heterocycles. The quantitative estimate of drug-likeness (QED) is 0.307. The van der Waals surface area contributed by atoms with Crippen LogP contribution in [0.1, 0.15) is 63.9 Å². The van der Waals surface area contributed by atoms with Crippen LogP contribution < -0.4 is 10.8 Å². The first-order valence-electron chi connectivity index (χ1n) is 11.1. The van der Waals surface area contributed by atoms with Gasteiger partial charge in [0.15, 0.2) is 0 Å². The zero-order chi connectivity index (χ0) is 25.6. The lowest BCUT2D eigenvalue weighted by atomic mass is 9.95. The van der Waals surface area contributed by atoms with Crippen molar-refractivity contribution in [3.05, 3.63) is 70.5 Å². The van der Waals surface area contributed by atoms with Gasteiger partial charge >= 0.3 is 6.18 Å². The summed E-state index contributed by atoms with van der Waals surface area (Å²) in [4.78, 5) is 38.2. The number of hydroxylamine groups is 1. The summed E-state index contributed by atoms with van der Waals surface area (Å²) in [6, 6.07) is 7.24. The standard InChI is InChI=1S/C24H25F4N3O4/c25-20-12-15(22(33)30-35)10-11-16(20)13-31(14-21(32)29-17-6-2-1-3-7-17)23(34)18-8-4-5-9-19(18)24(26,27)28/h4-5,8-12,17,35H,1-3,6-7,13-14H2,(H,29,32)(H,30,33). The zero-order valence-electron chi connectivity index (χ0n) is 18.7. The number of amides is 3. The summed E-state index contributed by atoms with van der Waals surface area (Å²) in [6.07, 6.45) is -0.363. The number of carbonyl (C=O) groups is 3. The second-order valence-electron chi connectivity index (χ2n) is 8.35. The molecule has 0 radical (unpaired) electrons. The van der Waals surface area contributed by atoms with Gasteiger partial charge in [0.2, 0.25) is 5.91 Å². The highest BCUT2D eigenvalue weighted by Gasteiger charge is 2.36. The summed E-state index contributed by atoms with van der Waals surface area (Å²) >= 11 is 0. The first kappa shape index (κ1) is 26.1. The van der Waals surface area contributed by atoms with E-state index in [0.717, 1.165) is 67.3 Å². The smallest absolute Gasteiger partial charge is 0.352 e. The summed E-state index contributed by atoms with van der Waals surface area (Å²) in [5, 5.41) is 11.5. The number of benzene rings is 2. The Bertz CT molecular complexity index is 1080. The normalized spacial score (nSPS) is 14.3. The van der Waals surface area contributed by atoms with Gasteiger partial charge in [-0.3, -0.25) is 19.6 Å². The molecule has 0 unspecified atom stereocenters. The minimum atomic E-state index is -4.81. The van der Waals surface area contributed by atoms with Crippen molar-refractivity contribution >= 4 is 17.7 Å². The number of hydrogen-bond acceptors (Lipinski definition) is 4. The molecule has 188 valence electrons. The molecule has 0 atom stereocenters. The Labute approximate surface area is 199 Å². The summed E-state index contributed by atoms with van der Waals surface area (Å²) in [7, 11) is 0. The fraction of sp³-hybridized carbons (Fsp3) is 0.375. The Balaban J connectivity index is 1.89. The number of nitrogens with zero attached hydrogens (tertiary/aromatic N) is 1. The van der Waals surface area contributed by atoms with E-state index in [1.54, 1.807) is 0 Å². The summed E-state index contributed by atoms with van der Waals surface area (Å²) in [5.41, 5.74) is -0.796. The minimum Gasteiger partial charge on any atom is -0.352 e. The van der Waals surface area contributed by atoms with Crippen LogP contribution >= 0.6 is 0 Å². The summed E-state index contributed by atoms with van der Waals surface area (Å²) in [6.45, 7) is -1.10. The van der Waals surface area contributed by atoms with Crippen LogP contribution in [0.5, 0.6) is 0 Å². The molecule has 1 aliphatic carbocycles. The van der Waals surface area contributed by atoms with Crippen LogP contribution in [-0.2, 0) is 17.5 Å². The van der Waals surface area contributed by atoms with E-state index in [4.69, 9.17) is 5.21 Å². The SMILES string of the molecule is O=C(CN(Cc1ccc(C(=O)NO)cc1F)C(=O)c1ccccc1C(F)(F)F)NC1CCCCC1. The van der Waals surface area contributed by atoms with E-state index in [-0.39, 0.29) is 17.2 Å². The Morgan fingerprint density at radius 2 is 1.71 bits per heavy atom. The molecule has 0 aromatic heterocycles. The van der Waals surface area contributed by atoms with Crippen LogP contribution in [0, 0.1) is 5.82 Å². The first-order valence-corrected chi connectivity index (χ1v) is 11.1. The molecule has 2 aromatic carbocycles. The van der Waals surface area contributed by atoms with Crippen molar-refractivity contribution in [2.45, 2.75) is 50.9 Å². The van der Waals surface area contributed by atoms with Gasteiger partial charge in [-0.25, -0.2) is 9.87 Å². The van der Waals surface area contributed by atoms with Crippen molar-refractivity contribution in [3.63, 3.8) is 0 Å². The molecule has 0 bridgehead atoms. The zero-order valence-corrected chi connectivity index (χ0v) is 18.7. The average Bonchev–Trinajstić information content (AvgIpc) is 2.83. The molecule has 2 aromatic rings. The molecule has 0 spiro atoms. The van der Waals surface area contributed by atoms with Crippen LogP contribution in [0.4, 0.5) is 17.6 Å². The van der Waals surface area contributed by atoms with Crippen molar-refractivity contribution < 1.29 is 37.2 Å². The Morgan fingerprint density at radius 3 is 2.34 bits per heavy atom. The van der Waals surface area contributed by atoms with E-state index in [1.807, 2.05) is 0 Å². The Kier molecular flexibility index (Phi) is 8.44. The average molecular weight is 495 g/mol. The molecule has 7 nitrogen and oxygen atoms in total. The molecular formula is C24H25F4N3O4. The molecule has 1 fully saturated rings. The third kappa shape index (κ3) is 6.78. The number of nitrogens with one attached hydrogen (secondary N) is 2. The highest BCUT2D eigenvalue weighted by atomic mass is 19.4. The second kappa shape index (κ2) is 11.3. The summed E-state index contributed by atoms with van der Waals surface area (Å²) in [5.74, 6) is -3.55. The maximum atomic E-state index is 14.7. The second-order valence-corrected chi connectivity index (χ2v) is 8.35. The van der Waals surface area contributed by atoms with Crippen molar-refractivity contribution in [1.29, 1.82) is 0 Å². The fourth-order valence-corrected chi connectivity index (χ4v) is 4.07. The fourth-order valence-electron chi connectivity index (χ4n) is 4.07. The molecule has 1 saturated carbocycles. The third-order valence-corrected chi connectivity index (χ3v) is 5.83. The predicted molar refractivity (Wildman–Crippen MR) is 117 cm³/mol. The largest absolute Gasteiger partial charge is 0.417 e. The molecule has 35 heavy (non-hydrogen) atoms. The molecule has 1 aliphatic rings. The predicted octanol–water partition coefficient (Wildman–Crippen LogP) is 4.05. The monoisotopic (exact) mass is 495 g/mol.